The van der Waals surface area contributed by atoms with Gasteiger partial charge in [0.15, 0.2) is 0 Å². The van der Waals surface area contributed by atoms with Crippen molar-refractivity contribution in [3.63, 3.8) is 0 Å². The summed E-state index contributed by atoms with van der Waals surface area (Å²) in [6.07, 6.45) is 6.55. The monoisotopic (exact) mass is 412 g/mol. The highest BCUT2D eigenvalue weighted by Gasteiger charge is 2.43. The van der Waals surface area contributed by atoms with Crippen LogP contribution in [-0.4, -0.2) is 26.7 Å². The maximum absolute atomic E-state index is 11.3. The van der Waals surface area contributed by atoms with Gasteiger partial charge in [0.05, 0.1) is 12.1 Å². The molecule has 160 valence electrons. The summed E-state index contributed by atoms with van der Waals surface area (Å²) in [6, 6.07) is 20.0. The standard InChI is InChI=1S/C28H32N2O/c1-4-20(5-2)28(31)22-15-16-25-27-23(21-13-9-10-14-24(21)29(27)3)17-26(22)30(25)18-19-11-7-6-8-12-19/h4,6-15,20,25-26,28,31H,1,5,16-18H2,2-3H3/t20?,25-,26-,28?/m0/s1. The topological polar surface area (TPSA) is 28.4 Å². The van der Waals surface area contributed by atoms with Crippen molar-refractivity contribution < 1.29 is 5.11 Å². The summed E-state index contributed by atoms with van der Waals surface area (Å²) in [5, 5.41) is 12.7. The second kappa shape index (κ2) is 8.14. The fourth-order valence-electron chi connectivity index (χ4n) is 5.85. The van der Waals surface area contributed by atoms with Crippen molar-refractivity contribution in [1.29, 1.82) is 0 Å². The number of nitrogens with zero attached hydrogens (tertiary/aromatic N) is 2. The zero-order chi connectivity index (χ0) is 21.5. The molecular weight excluding hydrogens is 380 g/mol. The van der Waals surface area contributed by atoms with Gasteiger partial charge in [-0.25, -0.2) is 0 Å². The lowest BCUT2D eigenvalue weighted by molar-refractivity contribution is 0.0746. The van der Waals surface area contributed by atoms with Crippen molar-refractivity contribution in [2.75, 3.05) is 0 Å². The fourth-order valence-corrected chi connectivity index (χ4v) is 5.85. The molecule has 5 rings (SSSR count). The first-order valence-corrected chi connectivity index (χ1v) is 11.5. The lowest BCUT2D eigenvalue weighted by Crippen LogP contribution is -2.49. The molecule has 0 amide bonds. The Labute approximate surface area is 185 Å². The Morgan fingerprint density at radius 3 is 2.58 bits per heavy atom. The lowest BCUT2D eigenvalue weighted by Gasteiger charge is -2.48. The Morgan fingerprint density at radius 2 is 1.84 bits per heavy atom. The zero-order valence-electron chi connectivity index (χ0n) is 18.5. The Morgan fingerprint density at radius 1 is 1.10 bits per heavy atom. The summed E-state index contributed by atoms with van der Waals surface area (Å²) >= 11 is 0. The Hall–Kier alpha value is -2.62. The maximum Gasteiger partial charge on any atom is 0.0827 e. The van der Waals surface area contributed by atoms with Crippen LogP contribution in [0, 0.1) is 5.92 Å². The minimum Gasteiger partial charge on any atom is -0.388 e. The summed E-state index contributed by atoms with van der Waals surface area (Å²) in [6.45, 7) is 7.02. The quantitative estimate of drug-likeness (QED) is 0.538. The number of rotatable bonds is 6. The molecule has 0 fully saturated rings. The molecule has 2 unspecified atom stereocenters. The summed E-state index contributed by atoms with van der Waals surface area (Å²) in [5.41, 5.74) is 6.71. The van der Waals surface area contributed by atoms with Gasteiger partial charge in [-0.3, -0.25) is 4.90 Å². The molecule has 2 aliphatic rings. The molecule has 2 aromatic carbocycles. The van der Waals surface area contributed by atoms with E-state index in [1.807, 2.05) is 6.08 Å². The average Bonchev–Trinajstić information content (AvgIpc) is 3.07. The fraction of sp³-hybridized carbons (Fsp3) is 0.357. The highest BCUT2D eigenvalue weighted by atomic mass is 16.3. The minimum atomic E-state index is -0.469. The predicted molar refractivity (Wildman–Crippen MR) is 128 cm³/mol. The molecule has 0 radical (unpaired) electrons. The Balaban J connectivity index is 1.62. The largest absolute Gasteiger partial charge is 0.388 e. The number of benzene rings is 2. The number of fused-ring (bicyclic) bond motifs is 6. The van der Waals surface area contributed by atoms with Crippen molar-refractivity contribution >= 4 is 10.9 Å². The van der Waals surface area contributed by atoms with E-state index in [0.29, 0.717) is 6.04 Å². The van der Waals surface area contributed by atoms with Crippen molar-refractivity contribution in [2.24, 2.45) is 13.0 Å². The van der Waals surface area contributed by atoms with Gasteiger partial charge in [-0.15, -0.1) is 6.58 Å². The van der Waals surface area contributed by atoms with Crippen LogP contribution in [0.5, 0.6) is 0 Å². The summed E-state index contributed by atoms with van der Waals surface area (Å²) in [4.78, 5) is 2.63. The molecule has 2 bridgehead atoms. The molecule has 0 spiro atoms. The first-order valence-electron chi connectivity index (χ1n) is 11.5. The third kappa shape index (κ3) is 3.28. The second-order valence-corrected chi connectivity index (χ2v) is 9.03. The van der Waals surface area contributed by atoms with Gasteiger partial charge < -0.3 is 9.67 Å². The van der Waals surface area contributed by atoms with Gasteiger partial charge >= 0.3 is 0 Å². The number of aromatic nitrogens is 1. The van der Waals surface area contributed by atoms with Crippen LogP contribution in [0.15, 0.2) is 78.9 Å². The van der Waals surface area contributed by atoms with Crippen molar-refractivity contribution in [1.82, 2.24) is 9.47 Å². The molecule has 3 nitrogen and oxygen atoms in total. The van der Waals surface area contributed by atoms with E-state index in [2.05, 4.69) is 90.7 Å². The number of aliphatic hydroxyl groups is 1. The number of hydrogen-bond acceptors (Lipinski definition) is 2. The first kappa shape index (κ1) is 20.3. The molecule has 31 heavy (non-hydrogen) atoms. The third-order valence-electron chi connectivity index (χ3n) is 7.47. The van der Waals surface area contributed by atoms with Gasteiger partial charge in [-0.1, -0.05) is 67.6 Å². The number of hydrogen-bond donors (Lipinski definition) is 1. The van der Waals surface area contributed by atoms with Crippen LogP contribution in [0.25, 0.3) is 10.9 Å². The van der Waals surface area contributed by atoms with Gasteiger partial charge in [0.25, 0.3) is 0 Å². The average molecular weight is 413 g/mol. The van der Waals surface area contributed by atoms with E-state index in [9.17, 15) is 5.11 Å². The molecule has 4 atom stereocenters. The normalized spacial score (nSPS) is 22.6. The minimum absolute atomic E-state index is 0.0929. The SMILES string of the molecule is C=CC(CC)C(O)C1=CC[C@H]2c3c(c4ccccc4n3C)C[C@@H]1N2Cc1ccccc1. The Bertz CT molecular complexity index is 1130. The van der Waals surface area contributed by atoms with Crippen molar-refractivity contribution in [2.45, 2.75) is 50.9 Å². The summed E-state index contributed by atoms with van der Waals surface area (Å²) in [7, 11) is 2.21. The molecule has 3 heteroatoms. The maximum atomic E-state index is 11.3. The van der Waals surface area contributed by atoms with Gasteiger partial charge in [0.1, 0.15) is 0 Å². The van der Waals surface area contributed by atoms with Gasteiger partial charge in [-0.2, -0.15) is 0 Å². The van der Waals surface area contributed by atoms with E-state index in [4.69, 9.17) is 0 Å². The van der Waals surface area contributed by atoms with Crippen LogP contribution in [0.1, 0.15) is 42.6 Å². The molecule has 1 N–H and O–H groups in total. The van der Waals surface area contributed by atoms with Gasteiger partial charge in [0, 0.05) is 42.1 Å². The van der Waals surface area contributed by atoms with E-state index in [1.165, 1.54) is 33.3 Å². The van der Waals surface area contributed by atoms with E-state index >= 15 is 0 Å². The molecule has 1 aromatic heterocycles. The van der Waals surface area contributed by atoms with Crippen molar-refractivity contribution in [3.8, 4) is 0 Å². The number of aliphatic hydroxyl groups excluding tert-OH is 1. The molecule has 2 aliphatic heterocycles. The predicted octanol–water partition coefficient (Wildman–Crippen LogP) is 5.55. The zero-order valence-corrected chi connectivity index (χ0v) is 18.5. The molecule has 0 saturated carbocycles. The molecule has 0 aliphatic carbocycles. The van der Waals surface area contributed by atoms with Crippen LogP contribution in [0.2, 0.25) is 0 Å². The van der Waals surface area contributed by atoms with Crippen LogP contribution < -0.4 is 0 Å². The van der Waals surface area contributed by atoms with Gasteiger partial charge in [0.2, 0.25) is 0 Å². The number of aryl methyl sites for hydroxylation is 1. The van der Waals surface area contributed by atoms with E-state index in [0.717, 1.165) is 25.8 Å². The van der Waals surface area contributed by atoms with E-state index in [1.54, 1.807) is 0 Å². The second-order valence-electron chi connectivity index (χ2n) is 9.03. The molecule has 3 heterocycles. The van der Waals surface area contributed by atoms with Crippen molar-refractivity contribution in [3.05, 3.63) is 95.7 Å². The summed E-state index contributed by atoms with van der Waals surface area (Å²) in [5.74, 6) is 0.0929. The molecule has 0 saturated heterocycles. The third-order valence-corrected chi connectivity index (χ3v) is 7.47. The molecular formula is C28H32N2O. The van der Waals surface area contributed by atoms with Gasteiger partial charge in [-0.05, 0) is 42.0 Å². The highest BCUT2D eigenvalue weighted by molar-refractivity contribution is 5.86. The first-order chi connectivity index (χ1) is 15.1. The van der Waals surface area contributed by atoms with Crippen LogP contribution in [-0.2, 0) is 20.0 Å². The van der Waals surface area contributed by atoms with Crippen LogP contribution in [0.3, 0.4) is 0 Å². The molecule has 3 aromatic rings. The van der Waals surface area contributed by atoms with Crippen LogP contribution in [0.4, 0.5) is 0 Å². The van der Waals surface area contributed by atoms with Crippen LogP contribution >= 0.6 is 0 Å². The smallest absolute Gasteiger partial charge is 0.0827 e. The lowest BCUT2D eigenvalue weighted by atomic mass is 9.77. The van der Waals surface area contributed by atoms with E-state index < -0.39 is 6.10 Å². The highest BCUT2D eigenvalue weighted by Crippen LogP contribution is 2.47. The van der Waals surface area contributed by atoms with E-state index in [-0.39, 0.29) is 12.0 Å². The number of para-hydroxylation sites is 1. The summed E-state index contributed by atoms with van der Waals surface area (Å²) < 4.78 is 2.40. The Kier molecular flexibility index (Phi) is 5.33.